The fourth-order valence-electron chi connectivity index (χ4n) is 3.18. The van der Waals surface area contributed by atoms with E-state index in [1.807, 2.05) is 46.6 Å². The van der Waals surface area contributed by atoms with E-state index in [0.29, 0.717) is 6.42 Å². The standard InChI is InChI=1S/C21H19F3N2O2S.C3H5Cl.C3H4.C2H6.CH4O.CH2O/c1-2-3-4-10-20(16-8-11-25-12-9-16)14-26(19(29)28-20)18(27)15-6-5-7-17(13-15)21(22,23)24;1-2-3-4;1-3-2;3*1-2/h3-9,11-13H,2,10,14H2,1H3;2-3H,1H3;1H,2H3;1-2H3;2H,1H3;1H2/b4-3-;3-2+;;;;. The van der Waals surface area contributed by atoms with Crippen LogP contribution in [0.5, 0.6) is 0 Å². The van der Waals surface area contributed by atoms with Crippen molar-refractivity contribution < 1.29 is 32.6 Å². The molecule has 0 saturated carbocycles. The van der Waals surface area contributed by atoms with Crippen LogP contribution in [0.25, 0.3) is 0 Å². The van der Waals surface area contributed by atoms with Crippen molar-refractivity contribution >= 4 is 41.7 Å². The molecular weight excluding hydrogens is 589 g/mol. The van der Waals surface area contributed by atoms with E-state index < -0.39 is 23.2 Å². The summed E-state index contributed by atoms with van der Waals surface area (Å²) < 4.78 is 45.0. The minimum atomic E-state index is -4.54. The lowest BCUT2D eigenvalue weighted by atomic mass is 9.90. The van der Waals surface area contributed by atoms with Crippen molar-refractivity contribution in [2.75, 3.05) is 13.7 Å². The average molecular weight is 629 g/mol. The smallest absolute Gasteiger partial charge is 0.416 e. The predicted molar refractivity (Wildman–Crippen MR) is 168 cm³/mol. The highest BCUT2D eigenvalue weighted by Gasteiger charge is 2.46. The Hall–Kier alpha value is -3.52. The number of aliphatic hydroxyl groups excluding tert-OH is 1. The minimum absolute atomic E-state index is 0.0610. The molecule has 1 aromatic heterocycles. The van der Waals surface area contributed by atoms with Crippen molar-refractivity contribution in [3.05, 3.63) is 89.2 Å². The Balaban J connectivity index is -0.00000101. The van der Waals surface area contributed by atoms with Crippen LogP contribution in [0.4, 0.5) is 13.2 Å². The molecule has 0 aliphatic carbocycles. The number of alkyl halides is 3. The lowest BCUT2D eigenvalue weighted by Crippen LogP contribution is -2.35. The van der Waals surface area contributed by atoms with E-state index in [-0.39, 0.29) is 17.3 Å². The van der Waals surface area contributed by atoms with Crippen LogP contribution < -0.4 is 0 Å². The van der Waals surface area contributed by atoms with E-state index >= 15 is 0 Å². The Labute approximate surface area is 258 Å². The predicted octanol–water partition coefficient (Wildman–Crippen LogP) is 7.96. The quantitative estimate of drug-likeness (QED) is 0.206. The molecule has 11 heteroatoms. The number of carbonyl (C=O) groups is 2. The normalized spacial score (nSPS) is 15.0. The maximum absolute atomic E-state index is 13.0. The zero-order valence-corrected chi connectivity index (χ0v) is 26.4. The van der Waals surface area contributed by atoms with Gasteiger partial charge in [0.2, 0.25) is 0 Å². The summed E-state index contributed by atoms with van der Waals surface area (Å²) in [6.45, 7) is 11.6. The molecule has 0 bridgehead atoms. The molecule has 1 fully saturated rings. The molecule has 2 heterocycles. The summed E-state index contributed by atoms with van der Waals surface area (Å²) in [5.74, 6) is 1.62. The zero-order valence-electron chi connectivity index (χ0n) is 24.8. The van der Waals surface area contributed by atoms with Crippen molar-refractivity contribution in [3.63, 3.8) is 0 Å². The SMILES string of the molecule is C#CC.C/C=C/Cl.C=O.CC.CC/C=C\CC1(c2ccncc2)CN(C(=O)c2cccc(C(F)(F)F)c2)C(=S)O1.CO. The number of pyridine rings is 1. The third kappa shape index (κ3) is 14.9. The van der Waals surface area contributed by atoms with Crippen molar-refractivity contribution in [1.82, 2.24) is 9.88 Å². The third-order valence-corrected chi connectivity index (χ3v) is 5.34. The number of nitrogens with zero attached hydrogens (tertiary/aromatic N) is 2. The third-order valence-electron chi connectivity index (χ3n) is 4.78. The molecule has 1 aliphatic rings. The number of amides is 1. The van der Waals surface area contributed by atoms with Crippen molar-refractivity contribution in [2.24, 2.45) is 0 Å². The van der Waals surface area contributed by atoms with Gasteiger partial charge in [-0.05, 0) is 68.4 Å². The van der Waals surface area contributed by atoms with Gasteiger partial charge in [-0.1, -0.05) is 56.7 Å². The summed E-state index contributed by atoms with van der Waals surface area (Å²) in [6, 6.07) is 7.85. The lowest BCUT2D eigenvalue weighted by molar-refractivity contribution is -0.137. The highest BCUT2D eigenvalue weighted by molar-refractivity contribution is 7.80. The van der Waals surface area contributed by atoms with Crippen molar-refractivity contribution in [3.8, 4) is 12.3 Å². The van der Waals surface area contributed by atoms with Crippen molar-refractivity contribution in [1.29, 1.82) is 0 Å². The molecule has 42 heavy (non-hydrogen) atoms. The van der Waals surface area contributed by atoms with Gasteiger partial charge >= 0.3 is 6.18 Å². The van der Waals surface area contributed by atoms with Crippen LogP contribution in [-0.4, -0.2) is 46.5 Å². The second kappa shape index (κ2) is 25.2. The highest BCUT2D eigenvalue weighted by atomic mass is 35.5. The molecule has 1 amide bonds. The van der Waals surface area contributed by atoms with Gasteiger partial charge in [0, 0.05) is 37.1 Å². The minimum Gasteiger partial charge on any atom is -0.457 e. The summed E-state index contributed by atoms with van der Waals surface area (Å²) in [5, 5.41) is 6.94. The first kappa shape index (κ1) is 42.9. The van der Waals surface area contributed by atoms with Gasteiger partial charge in [0.1, 0.15) is 6.79 Å². The van der Waals surface area contributed by atoms with Crippen LogP contribution in [-0.2, 0) is 21.3 Å². The lowest BCUT2D eigenvalue weighted by Gasteiger charge is -2.26. The fraction of sp³-hybridized carbons (Fsp3) is 0.355. The Kier molecular flexibility index (Phi) is 25.8. The Morgan fingerprint density at radius 3 is 2.21 bits per heavy atom. The number of benzene rings is 1. The zero-order chi connectivity index (χ0) is 33.2. The van der Waals surface area contributed by atoms with Crippen LogP contribution in [0.1, 0.15) is 68.9 Å². The number of allylic oxidation sites excluding steroid dienone is 2. The molecule has 232 valence electrons. The van der Waals surface area contributed by atoms with Crippen molar-refractivity contribution in [2.45, 2.75) is 59.2 Å². The summed E-state index contributed by atoms with van der Waals surface area (Å²) >= 11 is 10.3. The number of aromatic nitrogens is 1. The molecule has 1 aromatic carbocycles. The number of aliphatic hydroxyl groups is 1. The van der Waals surface area contributed by atoms with E-state index in [0.717, 1.165) is 31.2 Å². The van der Waals surface area contributed by atoms with Crippen LogP contribution >= 0.6 is 23.8 Å². The van der Waals surface area contributed by atoms with Crippen LogP contribution in [0.3, 0.4) is 0 Å². The molecule has 2 aromatic rings. The highest BCUT2D eigenvalue weighted by Crippen LogP contribution is 2.38. The second-order valence-corrected chi connectivity index (χ2v) is 8.00. The fourth-order valence-corrected chi connectivity index (χ4v) is 3.49. The maximum Gasteiger partial charge on any atom is 0.416 e. The number of ether oxygens (including phenoxy) is 1. The van der Waals surface area contributed by atoms with Gasteiger partial charge in [0.25, 0.3) is 11.1 Å². The average Bonchev–Trinajstić information content (AvgIpc) is 3.37. The molecule has 1 N–H and O–H groups in total. The first-order valence-electron chi connectivity index (χ1n) is 12.7. The molecular formula is C31H40ClF3N2O4S. The van der Waals surface area contributed by atoms with Crippen LogP contribution in [0.2, 0.25) is 0 Å². The summed E-state index contributed by atoms with van der Waals surface area (Å²) in [4.78, 5) is 26.2. The number of hydrogen-bond donors (Lipinski definition) is 1. The van der Waals surface area contributed by atoms with E-state index in [1.165, 1.54) is 22.6 Å². The molecule has 1 saturated heterocycles. The molecule has 1 aliphatic heterocycles. The Morgan fingerprint density at radius 1 is 1.24 bits per heavy atom. The molecule has 0 spiro atoms. The molecule has 1 atom stereocenters. The van der Waals surface area contributed by atoms with E-state index in [1.54, 1.807) is 37.5 Å². The van der Waals surface area contributed by atoms with Gasteiger partial charge in [-0.25, -0.2) is 0 Å². The van der Waals surface area contributed by atoms with Gasteiger partial charge < -0.3 is 14.6 Å². The van der Waals surface area contributed by atoms with Gasteiger partial charge in [0.15, 0.2) is 5.60 Å². The van der Waals surface area contributed by atoms with E-state index in [2.05, 4.69) is 17.3 Å². The topological polar surface area (TPSA) is 79.7 Å². The second-order valence-electron chi connectivity index (χ2n) is 7.40. The molecule has 6 nitrogen and oxygen atoms in total. The molecule has 0 radical (unpaired) electrons. The first-order valence-corrected chi connectivity index (χ1v) is 13.5. The van der Waals surface area contributed by atoms with Gasteiger partial charge in [-0.3, -0.25) is 14.7 Å². The van der Waals surface area contributed by atoms with Gasteiger partial charge in [-0.2, -0.15) is 13.2 Å². The van der Waals surface area contributed by atoms with E-state index in [4.69, 9.17) is 38.5 Å². The Bertz CT molecular complexity index is 1120. The number of terminal acetylenes is 1. The van der Waals surface area contributed by atoms with E-state index in [9.17, 15) is 18.0 Å². The van der Waals surface area contributed by atoms with Gasteiger partial charge in [-0.15, -0.1) is 12.3 Å². The number of hydrogen-bond acceptors (Lipinski definition) is 6. The Morgan fingerprint density at radius 2 is 1.76 bits per heavy atom. The largest absolute Gasteiger partial charge is 0.457 e. The number of halogens is 4. The number of carbonyl (C=O) groups excluding carboxylic acids is 2. The van der Waals surface area contributed by atoms with Crippen LogP contribution in [0.15, 0.2) is 72.6 Å². The number of thiocarbonyl (C=S) groups is 1. The number of rotatable bonds is 5. The molecule has 3 rings (SSSR count). The van der Waals surface area contributed by atoms with Gasteiger partial charge in [0.05, 0.1) is 12.1 Å². The van der Waals surface area contributed by atoms with Crippen LogP contribution in [0, 0.1) is 12.3 Å². The summed E-state index contributed by atoms with van der Waals surface area (Å²) in [5.41, 5.74) is 0.360. The maximum atomic E-state index is 13.0. The summed E-state index contributed by atoms with van der Waals surface area (Å²) in [7, 11) is 1.00. The molecule has 1 unspecified atom stereocenters. The monoisotopic (exact) mass is 628 g/mol. The summed E-state index contributed by atoms with van der Waals surface area (Å²) in [6.07, 6.45) is 10.3. The first-order chi connectivity index (χ1) is 20.1.